The zero-order valence-electron chi connectivity index (χ0n) is 11.7. The largest absolute Gasteiger partial charge is 0.481 e. The summed E-state index contributed by atoms with van der Waals surface area (Å²) < 4.78 is 0. The number of likely N-dealkylation sites (tertiary alicyclic amines) is 1. The highest BCUT2D eigenvalue weighted by molar-refractivity contribution is 5.66. The predicted octanol–water partition coefficient (Wildman–Crippen LogP) is 2.81. The third kappa shape index (κ3) is 3.58. The van der Waals surface area contributed by atoms with Crippen molar-refractivity contribution in [3.05, 3.63) is 35.4 Å². The van der Waals surface area contributed by atoms with Gasteiger partial charge in [-0.1, -0.05) is 12.1 Å². The SMILES string of the molecule is CC(c1ccc(C#N)cc1)N1CCC(CCC(=O)O)C1. The molecule has 0 spiro atoms. The Hall–Kier alpha value is -1.86. The molecule has 0 aliphatic carbocycles. The van der Waals surface area contributed by atoms with Crippen molar-refractivity contribution in [3.8, 4) is 6.07 Å². The average Bonchev–Trinajstić information content (AvgIpc) is 2.93. The highest BCUT2D eigenvalue weighted by atomic mass is 16.4. The van der Waals surface area contributed by atoms with Gasteiger partial charge in [-0.25, -0.2) is 0 Å². The van der Waals surface area contributed by atoms with Gasteiger partial charge in [0.15, 0.2) is 0 Å². The molecule has 2 atom stereocenters. The number of carbonyl (C=O) groups is 1. The minimum absolute atomic E-state index is 0.268. The number of rotatable bonds is 5. The summed E-state index contributed by atoms with van der Waals surface area (Å²) in [5.41, 5.74) is 1.89. The molecule has 1 aromatic carbocycles. The number of nitrogens with zero attached hydrogens (tertiary/aromatic N) is 2. The van der Waals surface area contributed by atoms with Crippen LogP contribution in [0.5, 0.6) is 0 Å². The number of carboxylic acid groups (broad SMARTS) is 1. The van der Waals surface area contributed by atoms with Crippen LogP contribution in [0.4, 0.5) is 0 Å². The maximum absolute atomic E-state index is 10.6. The van der Waals surface area contributed by atoms with Crippen molar-refractivity contribution in [2.75, 3.05) is 13.1 Å². The molecule has 1 aromatic rings. The molecule has 0 saturated carbocycles. The van der Waals surface area contributed by atoms with E-state index in [1.165, 1.54) is 5.56 Å². The van der Waals surface area contributed by atoms with Crippen molar-refractivity contribution in [1.29, 1.82) is 5.26 Å². The Morgan fingerprint density at radius 3 is 2.80 bits per heavy atom. The maximum Gasteiger partial charge on any atom is 0.303 e. The van der Waals surface area contributed by atoms with Crippen LogP contribution in [0.3, 0.4) is 0 Å². The van der Waals surface area contributed by atoms with E-state index in [0.29, 0.717) is 17.5 Å². The molecule has 0 radical (unpaired) electrons. The molecule has 4 nitrogen and oxygen atoms in total. The second-order valence-electron chi connectivity index (χ2n) is 5.49. The topological polar surface area (TPSA) is 64.3 Å². The second kappa shape index (κ2) is 6.53. The molecule has 1 aliphatic rings. The first kappa shape index (κ1) is 14.5. The van der Waals surface area contributed by atoms with Crippen molar-refractivity contribution >= 4 is 5.97 Å². The quantitative estimate of drug-likeness (QED) is 0.895. The first-order valence-corrected chi connectivity index (χ1v) is 7.06. The summed E-state index contributed by atoms with van der Waals surface area (Å²) >= 11 is 0. The minimum Gasteiger partial charge on any atom is -0.481 e. The fraction of sp³-hybridized carbons (Fsp3) is 0.500. The van der Waals surface area contributed by atoms with Gasteiger partial charge in [-0.3, -0.25) is 9.69 Å². The Balaban J connectivity index is 1.91. The molecule has 1 heterocycles. The van der Waals surface area contributed by atoms with E-state index in [2.05, 4.69) is 17.9 Å². The van der Waals surface area contributed by atoms with E-state index in [4.69, 9.17) is 10.4 Å². The average molecular weight is 272 g/mol. The monoisotopic (exact) mass is 272 g/mol. The van der Waals surface area contributed by atoms with Crippen LogP contribution in [0.2, 0.25) is 0 Å². The molecule has 0 amide bonds. The Morgan fingerprint density at radius 1 is 1.50 bits per heavy atom. The fourth-order valence-corrected chi connectivity index (χ4v) is 2.82. The van der Waals surface area contributed by atoms with Gasteiger partial charge in [-0.2, -0.15) is 5.26 Å². The number of benzene rings is 1. The molecular formula is C16H20N2O2. The van der Waals surface area contributed by atoms with Gasteiger partial charge < -0.3 is 5.11 Å². The lowest BCUT2D eigenvalue weighted by atomic mass is 10.0. The van der Waals surface area contributed by atoms with E-state index in [1.54, 1.807) is 0 Å². The van der Waals surface area contributed by atoms with Gasteiger partial charge in [-0.15, -0.1) is 0 Å². The summed E-state index contributed by atoms with van der Waals surface area (Å²) in [5.74, 6) is -0.212. The number of aliphatic carboxylic acids is 1. The van der Waals surface area contributed by atoms with Crippen LogP contribution in [-0.2, 0) is 4.79 Å². The van der Waals surface area contributed by atoms with E-state index >= 15 is 0 Å². The van der Waals surface area contributed by atoms with Crippen LogP contribution in [0.15, 0.2) is 24.3 Å². The normalized spacial score (nSPS) is 20.5. The first-order valence-electron chi connectivity index (χ1n) is 7.06. The summed E-state index contributed by atoms with van der Waals surface area (Å²) in [5, 5.41) is 17.5. The lowest BCUT2D eigenvalue weighted by Crippen LogP contribution is -2.24. The smallest absolute Gasteiger partial charge is 0.303 e. The Morgan fingerprint density at radius 2 is 2.20 bits per heavy atom. The van der Waals surface area contributed by atoms with Crippen LogP contribution in [0.25, 0.3) is 0 Å². The molecule has 1 fully saturated rings. The van der Waals surface area contributed by atoms with Gasteiger partial charge in [0, 0.05) is 19.0 Å². The van der Waals surface area contributed by atoms with Gasteiger partial charge in [-0.05, 0) is 49.9 Å². The molecular weight excluding hydrogens is 252 g/mol. The maximum atomic E-state index is 10.6. The zero-order chi connectivity index (χ0) is 14.5. The summed E-state index contributed by atoms with van der Waals surface area (Å²) in [4.78, 5) is 13.0. The molecule has 106 valence electrons. The van der Waals surface area contributed by atoms with Crippen LogP contribution in [-0.4, -0.2) is 29.1 Å². The summed E-state index contributed by atoms with van der Waals surface area (Å²) in [6.45, 7) is 4.15. The third-order valence-electron chi connectivity index (χ3n) is 4.15. The molecule has 1 aliphatic heterocycles. The van der Waals surface area contributed by atoms with E-state index < -0.39 is 5.97 Å². The van der Waals surface area contributed by atoms with Crippen LogP contribution in [0, 0.1) is 17.2 Å². The Kier molecular flexibility index (Phi) is 4.75. The molecule has 4 heteroatoms. The highest BCUT2D eigenvalue weighted by Gasteiger charge is 2.26. The Labute approximate surface area is 119 Å². The van der Waals surface area contributed by atoms with E-state index in [0.717, 1.165) is 25.9 Å². The molecule has 20 heavy (non-hydrogen) atoms. The standard InChI is InChI=1S/C16H20N2O2/c1-12(15-5-2-13(10-17)3-6-15)18-9-8-14(11-18)4-7-16(19)20/h2-3,5-6,12,14H,4,7-9,11H2,1H3,(H,19,20). The number of nitriles is 1. The van der Waals surface area contributed by atoms with Crippen molar-refractivity contribution in [2.24, 2.45) is 5.92 Å². The fourth-order valence-electron chi connectivity index (χ4n) is 2.82. The van der Waals surface area contributed by atoms with Crippen LogP contribution >= 0.6 is 0 Å². The van der Waals surface area contributed by atoms with Gasteiger partial charge >= 0.3 is 5.97 Å². The van der Waals surface area contributed by atoms with Crippen molar-refractivity contribution in [2.45, 2.75) is 32.2 Å². The van der Waals surface area contributed by atoms with Gasteiger partial charge in [0.1, 0.15) is 0 Å². The van der Waals surface area contributed by atoms with Crippen molar-refractivity contribution < 1.29 is 9.90 Å². The van der Waals surface area contributed by atoms with Gasteiger partial charge in [0.25, 0.3) is 0 Å². The van der Waals surface area contributed by atoms with Crippen molar-refractivity contribution in [1.82, 2.24) is 4.90 Å². The Bertz CT molecular complexity index is 504. The van der Waals surface area contributed by atoms with E-state index in [9.17, 15) is 4.79 Å². The summed E-state index contributed by atoms with van der Waals surface area (Å²) in [6.07, 6.45) is 2.11. The molecule has 1 N–H and O–H groups in total. The van der Waals surface area contributed by atoms with Crippen LogP contribution < -0.4 is 0 Å². The minimum atomic E-state index is -0.705. The van der Waals surface area contributed by atoms with E-state index in [-0.39, 0.29) is 6.42 Å². The molecule has 0 bridgehead atoms. The molecule has 0 aromatic heterocycles. The van der Waals surface area contributed by atoms with Gasteiger partial charge in [0.05, 0.1) is 11.6 Å². The van der Waals surface area contributed by atoms with Crippen LogP contribution in [0.1, 0.15) is 43.4 Å². The highest BCUT2D eigenvalue weighted by Crippen LogP contribution is 2.29. The summed E-state index contributed by atoms with van der Waals surface area (Å²) in [6, 6.07) is 10.2. The van der Waals surface area contributed by atoms with E-state index in [1.807, 2.05) is 24.3 Å². The molecule has 2 unspecified atom stereocenters. The lowest BCUT2D eigenvalue weighted by Gasteiger charge is -2.24. The number of carboxylic acids is 1. The van der Waals surface area contributed by atoms with Gasteiger partial charge in [0.2, 0.25) is 0 Å². The first-order chi connectivity index (χ1) is 9.60. The number of hydrogen-bond acceptors (Lipinski definition) is 3. The van der Waals surface area contributed by atoms with Crippen molar-refractivity contribution in [3.63, 3.8) is 0 Å². The molecule has 1 saturated heterocycles. The molecule has 2 rings (SSSR count). The predicted molar refractivity (Wildman–Crippen MR) is 76.1 cm³/mol. The second-order valence-corrected chi connectivity index (χ2v) is 5.49. The summed E-state index contributed by atoms with van der Waals surface area (Å²) in [7, 11) is 0. The zero-order valence-corrected chi connectivity index (χ0v) is 11.7. The number of hydrogen-bond donors (Lipinski definition) is 1. The third-order valence-corrected chi connectivity index (χ3v) is 4.15. The lowest BCUT2D eigenvalue weighted by molar-refractivity contribution is -0.137.